The number of nitrogens with one attached hydrogen (secondary N) is 1. The van der Waals surface area contributed by atoms with E-state index in [2.05, 4.69) is 20.4 Å². The van der Waals surface area contributed by atoms with Gasteiger partial charge in [-0.2, -0.15) is 18.3 Å². The molecule has 0 aliphatic carbocycles. The van der Waals surface area contributed by atoms with E-state index in [4.69, 9.17) is 19.4 Å². The Morgan fingerprint density at radius 3 is 2.58 bits per heavy atom. The number of fused-ring (bicyclic) bond motifs is 1. The maximum Gasteiger partial charge on any atom is 0.490 e. The van der Waals surface area contributed by atoms with Crippen LogP contribution in [0.5, 0.6) is 0 Å². The number of nitrogens with zero attached hydrogens (tertiary/aromatic N) is 3. The van der Waals surface area contributed by atoms with Crippen LogP contribution in [-0.2, 0) is 19.1 Å². The smallest absolute Gasteiger partial charge is 0.475 e. The molecule has 174 valence electrons. The van der Waals surface area contributed by atoms with E-state index in [1.807, 2.05) is 19.1 Å². The number of aromatic nitrogens is 2. The summed E-state index contributed by atoms with van der Waals surface area (Å²) in [7, 11) is 1.63. The second-order valence-corrected chi connectivity index (χ2v) is 7.51. The summed E-state index contributed by atoms with van der Waals surface area (Å²) in [5.74, 6) is -0.580. The Hall–Kier alpha value is -2.47. The molecule has 3 atom stereocenters. The Kier molecular flexibility index (Phi) is 8.99. The van der Waals surface area contributed by atoms with Gasteiger partial charge in [0.15, 0.2) is 5.82 Å². The number of hydrogen-bond acceptors (Lipinski definition) is 7. The van der Waals surface area contributed by atoms with Gasteiger partial charge in [0.05, 0.1) is 25.5 Å². The molecular weight excluding hydrogens is 421 g/mol. The summed E-state index contributed by atoms with van der Waals surface area (Å²) in [5.41, 5.74) is 0.921. The summed E-state index contributed by atoms with van der Waals surface area (Å²) < 4.78 is 42.5. The van der Waals surface area contributed by atoms with Crippen molar-refractivity contribution in [3.8, 4) is 0 Å². The van der Waals surface area contributed by atoms with Crippen LogP contribution in [-0.4, -0.2) is 79.9 Å². The zero-order valence-corrected chi connectivity index (χ0v) is 17.4. The van der Waals surface area contributed by atoms with E-state index < -0.39 is 12.1 Å². The van der Waals surface area contributed by atoms with Crippen LogP contribution in [0.1, 0.15) is 12.1 Å². The van der Waals surface area contributed by atoms with Gasteiger partial charge in [0, 0.05) is 39.1 Å². The van der Waals surface area contributed by atoms with Gasteiger partial charge in [0.25, 0.3) is 0 Å². The van der Waals surface area contributed by atoms with Crippen molar-refractivity contribution in [2.24, 2.45) is 17.8 Å². The lowest BCUT2D eigenvalue weighted by Gasteiger charge is -2.32. The molecule has 12 heteroatoms. The van der Waals surface area contributed by atoms with Gasteiger partial charge in [-0.3, -0.25) is 4.79 Å². The molecule has 2 N–H and O–H groups in total. The molecule has 31 heavy (non-hydrogen) atoms. The number of alkyl halides is 3. The topological polar surface area (TPSA) is 114 Å². The molecular formula is C19H27F3N4O5. The predicted molar refractivity (Wildman–Crippen MR) is 103 cm³/mol. The first-order chi connectivity index (χ1) is 14.6. The minimum absolute atomic E-state index is 0.0786. The number of methoxy groups -OCH3 is 1. The molecule has 3 heterocycles. The Bertz CT molecular complexity index is 732. The molecule has 2 fully saturated rings. The van der Waals surface area contributed by atoms with Crippen molar-refractivity contribution in [2.45, 2.75) is 19.5 Å². The zero-order valence-electron chi connectivity index (χ0n) is 17.4. The summed E-state index contributed by atoms with van der Waals surface area (Å²) in [6.07, 6.45) is -4.57. The number of carbonyl (C=O) groups is 2. The predicted octanol–water partition coefficient (Wildman–Crippen LogP) is 1.27. The number of carboxylic acids is 1. The molecule has 0 saturated carbocycles. The van der Waals surface area contributed by atoms with Crippen molar-refractivity contribution >= 4 is 17.7 Å². The van der Waals surface area contributed by atoms with E-state index in [1.165, 1.54) is 0 Å². The molecule has 9 nitrogen and oxygen atoms in total. The number of rotatable bonds is 6. The lowest BCUT2D eigenvalue weighted by molar-refractivity contribution is -0.192. The average molecular weight is 448 g/mol. The van der Waals surface area contributed by atoms with Gasteiger partial charge in [0.1, 0.15) is 0 Å². The SMILES string of the molecule is COCCNC(=O)C[C@@H]1COC[C@H]2CN(c3ccc(C)nn3)C[C@@H]12.O=C(O)C(F)(F)F. The lowest BCUT2D eigenvalue weighted by atomic mass is 9.81. The highest BCUT2D eigenvalue weighted by molar-refractivity contribution is 5.76. The van der Waals surface area contributed by atoms with Gasteiger partial charge in [-0.05, 0) is 30.9 Å². The van der Waals surface area contributed by atoms with Crippen molar-refractivity contribution in [3.05, 3.63) is 17.8 Å². The van der Waals surface area contributed by atoms with Gasteiger partial charge in [-0.15, -0.1) is 5.10 Å². The second kappa shape index (κ2) is 11.2. The number of ether oxygens (including phenoxy) is 2. The summed E-state index contributed by atoms with van der Waals surface area (Å²) in [6, 6.07) is 4.01. The molecule has 3 rings (SSSR count). The van der Waals surface area contributed by atoms with Crippen LogP contribution in [0.4, 0.5) is 19.0 Å². The van der Waals surface area contributed by atoms with Gasteiger partial charge in [0.2, 0.25) is 5.91 Å². The highest BCUT2D eigenvalue weighted by atomic mass is 19.4. The molecule has 0 spiro atoms. The Labute approximate surface area is 177 Å². The molecule has 1 aromatic heterocycles. The molecule has 1 amide bonds. The number of aryl methyl sites for hydroxylation is 1. The molecule has 0 radical (unpaired) electrons. The summed E-state index contributed by atoms with van der Waals surface area (Å²) in [5, 5.41) is 18.5. The van der Waals surface area contributed by atoms with Crippen LogP contribution in [0, 0.1) is 24.7 Å². The fourth-order valence-corrected chi connectivity index (χ4v) is 3.66. The van der Waals surface area contributed by atoms with E-state index in [0.717, 1.165) is 31.2 Å². The quantitative estimate of drug-likeness (QED) is 0.626. The third kappa shape index (κ3) is 7.62. The van der Waals surface area contributed by atoms with Crippen LogP contribution < -0.4 is 10.2 Å². The molecule has 2 saturated heterocycles. The van der Waals surface area contributed by atoms with Crippen LogP contribution in [0.2, 0.25) is 0 Å². The van der Waals surface area contributed by atoms with Crippen LogP contribution in [0.15, 0.2) is 12.1 Å². The highest BCUT2D eigenvalue weighted by Gasteiger charge is 2.42. The Morgan fingerprint density at radius 2 is 2.00 bits per heavy atom. The van der Waals surface area contributed by atoms with Gasteiger partial charge >= 0.3 is 12.1 Å². The number of halogens is 3. The Morgan fingerprint density at radius 1 is 1.29 bits per heavy atom. The summed E-state index contributed by atoms with van der Waals surface area (Å²) in [4.78, 5) is 23.3. The van der Waals surface area contributed by atoms with Gasteiger partial charge < -0.3 is 24.8 Å². The van der Waals surface area contributed by atoms with Crippen LogP contribution in [0.25, 0.3) is 0 Å². The Balaban J connectivity index is 0.000000423. The number of amides is 1. The van der Waals surface area contributed by atoms with E-state index in [9.17, 15) is 18.0 Å². The third-order valence-electron chi connectivity index (χ3n) is 5.19. The molecule has 2 aliphatic rings. The average Bonchev–Trinajstić information content (AvgIpc) is 3.14. The molecule has 2 aliphatic heterocycles. The van der Waals surface area contributed by atoms with E-state index >= 15 is 0 Å². The van der Waals surface area contributed by atoms with Gasteiger partial charge in [-0.1, -0.05) is 0 Å². The first-order valence-corrected chi connectivity index (χ1v) is 9.80. The number of aliphatic carboxylic acids is 1. The van der Waals surface area contributed by atoms with Crippen molar-refractivity contribution < 1.29 is 37.3 Å². The fraction of sp³-hybridized carbons (Fsp3) is 0.684. The normalized spacial score (nSPS) is 22.9. The molecule has 0 aromatic carbocycles. The standard InChI is InChI=1S/C17H26N4O3.C2HF3O2/c1-12-3-4-16(20-19-12)21-8-14-11-24-10-13(15(14)9-21)7-17(22)18-5-6-23-2;3-2(4,5)1(6)7/h3-4,13-15H,5-11H2,1-2H3,(H,18,22);(H,6,7)/t13-,14-,15+;/m1./s1. The van der Waals surface area contributed by atoms with E-state index in [1.54, 1.807) is 7.11 Å². The maximum atomic E-state index is 12.1. The fourth-order valence-electron chi connectivity index (χ4n) is 3.66. The molecule has 0 bridgehead atoms. The number of hydrogen-bond donors (Lipinski definition) is 2. The highest BCUT2D eigenvalue weighted by Crippen LogP contribution is 2.37. The molecule has 1 aromatic rings. The van der Waals surface area contributed by atoms with E-state index in [0.29, 0.717) is 38.0 Å². The van der Waals surface area contributed by atoms with Crippen LogP contribution in [0.3, 0.4) is 0 Å². The van der Waals surface area contributed by atoms with Crippen molar-refractivity contribution in [2.75, 3.05) is 51.5 Å². The largest absolute Gasteiger partial charge is 0.490 e. The minimum atomic E-state index is -5.08. The van der Waals surface area contributed by atoms with Crippen molar-refractivity contribution in [1.82, 2.24) is 15.5 Å². The van der Waals surface area contributed by atoms with Gasteiger partial charge in [-0.25, -0.2) is 4.79 Å². The lowest BCUT2D eigenvalue weighted by Crippen LogP contribution is -2.38. The maximum absolute atomic E-state index is 12.1. The first kappa shape index (κ1) is 24.8. The summed E-state index contributed by atoms with van der Waals surface area (Å²) >= 11 is 0. The number of anilines is 1. The first-order valence-electron chi connectivity index (χ1n) is 9.80. The monoisotopic (exact) mass is 448 g/mol. The van der Waals surface area contributed by atoms with E-state index in [-0.39, 0.29) is 11.8 Å². The van der Waals surface area contributed by atoms with Crippen molar-refractivity contribution in [3.63, 3.8) is 0 Å². The molecule has 0 unspecified atom stereocenters. The van der Waals surface area contributed by atoms with Crippen LogP contribution >= 0.6 is 0 Å². The number of carboxylic acid groups (broad SMARTS) is 1. The van der Waals surface area contributed by atoms with Crippen molar-refractivity contribution in [1.29, 1.82) is 0 Å². The minimum Gasteiger partial charge on any atom is -0.475 e. The number of carbonyl (C=O) groups excluding carboxylic acids is 1. The third-order valence-corrected chi connectivity index (χ3v) is 5.19. The summed E-state index contributed by atoms with van der Waals surface area (Å²) in [6.45, 7) is 6.30. The second-order valence-electron chi connectivity index (χ2n) is 7.51. The zero-order chi connectivity index (χ0) is 23.0.